The molecule has 1 heterocycles. The third-order valence-corrected chi connectivity index (χ3v) is 9.68. The molecule has 1 saturated carbocycles. The highest BCUT2D eigenvalue weighted by Crippen LogP contribution is 2.52. The van der Waals surface area contributed by atoms with Crippen LogP contribution in [-0.2, 0) is 5.41 Å². The summed E-state index contributed by atoms with van der Waals surface area (Å²) in [7, 11) is 0. The minimum absolute atomic E-state index is 0.160. The second-order valence-corrected chi connectivity index (χ2v) is 11.8. The lowest BCUT2D eigenvalue weighted by molar-refractivity contribution is 0.312. The van der Waals surface area contributed by atoms with Crippen molar-refractivity contribution in [1.82, 2.24) is 0 Å². The molecule has 3 unspecified atom stereocenters. The number of rotatable bonds is 6. The van der Waals surface area contributed by atoms with Gasteiger partial charge in [-0.05, 0) is 92.3 Å². The van der Waals surface area contributed by atoms with Crippen LogP contribution in [0.1, 0.15) is 43.2 Å². The molecule has 4 heteroatoms. The summed E-state index contributed by atoms with van der Waals surface area (Å²) in [5.41, 5.74) is 4.29. The summed E-state index contributed by atoms with van der Waals surface area (Å²) < 4.78 is 13.2. The average Bonchev–Trinajstić information content (AvgIpc) is 3.14. The van der Waals surface area contributed by atoms with E-state index in [9.17, 15) is 4.39 Å². The van der Waals surface area contributed by atoms with Crippen LogP contribution in [0.25, 0.3) is 0 Å². The zero-order chi connectivity index (χ0) is 22.7. The number of fused-ring (bicyclic) bond motifs is 2. The van der Waals surface area contributed by atoms with Gasteiger partial charge in [-0.3, -0.25) is 0 Å². The fraction of sp³-hybridized carbons (Fsp3) is 0.379. The van der Waals surface area contributed by atoms with Gasteiger partial charge >= 0.3 is 0 Å². The first kappa shape index (κ1) is 22.9. The van der Waals surface area contributed by atoms with Crippen LogP contribution in [0.15, 0.2) is 82.6 Å². The molecule has 3 aromatic rings. The van der Waals surface area contributed by atoms with E-state index in [4.69, 9.17) is 0 Å². The molecule has 1 nitrogen and oxygen atoms in total. The van der Waals surface area contributed by atoms with Crippen LogP contribution in [-0.4, -0.2) is 17.5 Å². The molecule has 0 radical (unpaired) electrons. The number of benzene rings is 3. The molecule has 3 aromatic carbocycles. The molecule has 33 heavy (non-hydrogen) atoms. The molecular formula is C29H32FNS2. The van der Waals surface area contributed by atoms with E-state index in [-0.39, 0.29) is 11.2 Å². The Labute approximate surface area is 206 Å². The van der Waals surface area contributed by atoms with E-state index in [0.29, 0.717) is 12.0 Å². The van der Waals surface area contributed by atoms with Gasteiger partial charge in [0.05, 0.1) is 0 Å². The van der Waals surface area contributed by atoms with Gasteiger partial charge in [0, 0.05) is 32.7 Å². The summed E-state index contributed by atoms with van der Waals surface area (Å²) >= 11 is 3.91. The van der Waals surface area contributed by atoms with Crippen LogP contribution in [0.5, 0.6) is 0 Å². The number of thioether (sulfide) groups is 2. The molecule has 2 aliphatic rings. The second-order valence-electron chi connectivity index (χ2n) is 9.58. The Morgan fingerprint density at radius 2 is 1.82 bits per heavy atom. The molecule has 172 valence electrons. The Balaban J connectivity index is 1.36. The molecule has 5 rings (SSSR count). The van der Waals surface area contributed by atoms with Crippen LogP contribution in [0.3, 0.4) is 0 Å². The largest absolute Gasteiger partial charge is 0.381 e. The third-order valence-electron chi connectivity index (χ3n) is 7.33. The number of hydrogen-bond acceptors (Lipinski definition) is 3. The van der Waals surface area contributed by atoms with Crippen molar-refractivity contribution in [1.29, 1.82) is 0 Å². The zero-order valence-corrected chi connectivity index (χ0v) is 20.9. The molecule has 1 N–H and O–H groups in total. The molecule has 0 saturated heterocycles. The van der Waals surface area contributed by atoms with Gasteiger partial charge in [0.1, 0.15) is 5.82 Å². The van der Waals surface area contributed by atoms with Crippen LogP contribution in [0, 0.1) is 18.7 Å². The van der Waals surface area contributed by atoms with Gasteiger partial charge in [0.2, 0.25) is 0 Å². The Bertz CT molecular complexity index is 1070. The van der Waals surface area contributed by atoms with E-state index in [1.165, 1.54) is 54.0 Å². The van der Waals surface area contributed by atoms with Gasteiger partial charge < -0.3 is 5.32 Å². The van der Waals surface area contributed by atoms with E-state index in [2.05, 4.69) is 72.5 Å². The molecule has 1 spiro atoms. The summed E-state index contributed by atoms with van der Waals surface area (Å²) in [5.74, 6) is 2.78. The number of halogens is 1. The van der Waals surface area contributed by atoms with Crippen molar-refractivity contribution in [3.05, 3.63) is 89.7 Å². The highest BCUT2D eigenvalue weighted by atomic mass is 32.2. The van der Waals surface area contributed by atoms with Crippen LogP contribution >= 0.6 is 23.5 Å². The lowest BCUT2D eigenvalue weighted by atomic mass is 9.69. The first-order valence-electron chi connectivity index (χ1n) is 12.1. The van der Waals surface area contributed by atoms with Crippen molar-refractivity contribution in [2.24, 2.45) is 5.92 Å². The molecular weight excluding hydrogens is 445 g/mol. The third kappa shape index (κ3) is 5.12. The van der Waals surface area contributed by atoms with Crippen molar-refractivity contribution < 1.29 is 4.39 Å². The van der Waals surface area contributed by atoms with Gasteiger partial charge in [-0.1, -0.05) is 42.3 Å². The van der Waals surface area contributed by atoms with Crippen molar-refractivity contribution in [3.63, 3.8) is 0 Å². The number of anilines is 1. The number of hydrogen-bond donors (Lipinski definition) is 1. The van der Waals surface area contributed by atoms with Gasteiger partial charge in [-0.2, -0.15) is 0 Å². The molecule has 0 amide bonds. The van der Waals surface area contributed by atoms with E-state index in [1.807, 2.05) is 23.9 Å². The standard InChI is InChI=1S/C29H32FNS2/c1-21-8-12-24(13-9-21)31-28-7-4-17-29(28)19-22(20-33-27-6-3-2-5-26(27)29)16-18-32-25-14-10-23(30)11-15-25/h2-3,5-6,8-15,22,28,31H,4,7,16-20H2,1H3. The minimum Gasteiger partial charge on any atom is -0.381 e. The maximum absolute atomic E-state index is 13.2. The number of nitrogens with one attached hydrogen (secondary N) is 1. The minimum atomic E-state index is -0.160. The van der Waals surface area contributed by atoms with E-state index >= 15 is 0 Å². The lowest BCUT2D eigenvalue weighted by Gasteiger charge is -2.39. The van der Waals surface area contributed by atoms with E-state index in [1.54, 1.807) is 17.7 Å². The quantitative estimate of drug-likeness (QED) is 0.358. The molecule has 1 aliphatic carbocycles. The second kappa shape index (κ2) is 10.1. The Morgan fingerprint density at radius 3 is 2.64 bits per heavy atom. The maximum Gasteiger partial charge on any atom is 0.123 e. The maximum atomic E-state index is 13.2. The fourth-order valence-corrected chi connectivity index (χ4v) is 7.97. The zero-order valence-electron chi connectivity index (χ0n) is 19.2. The van der Waals surface area contributed by atoms with Gasteiger partial charge in [0.25, 0.3) is 0 Å². The molecule has 0 aromatic heterocycles. The first-order valence-corrected chi connectivity index (χ1v) is 14.0. The Morgan fingerprint density at radius 1 is 1.03 bits per heavy atom. The molecule has 1 fully saturated rings. The van der Waals surface area contributed by atoms with Gasteiger partial charge in [-0.15, -0.1) is 23.5 Å². The Hall–Kier alpha value is -1.91. The summed E-state index contributed by atoms with van der Waals surface area (Å²) in [6.45, 7) is 2.15. The summed E-state index contributed by atoms with van der Waals surface area (Å²) in [5, 5.41) is 3.96. The predicted octanol–water partition coefficient (Wildman–Crippen LogP) is 8.33. The molecule has 1 aliphatic heterocycles. The van der Waals surface area contributed by atoms with E-state index in [0.717, 1.165) is 10.6 Å². The van der Waals surface area contributed by atoms with Crippen molar-refractivity contribution in [2.75, 3.05) is 16.8 Å². The first-order chi connectivity index (χ1) is 16.1. The highest BCUT2D eigenvalue weighted by molar-refractivity contribution is 7.99. The van der Waals surface area contributed by atoms with Crippen molar-refractivity contribution in [3.8, 4) is 0 Å². The van der Waals surface area contributed by atoms with Crippen LogP contribution < -0.4 is 5.32 Å². The van der Waals surface area contributed by atoms with Crippen LogP contribution in [0.4, 0.5) is 10.1 Å². The Kier molecular flexibility index (Phi) is 7.03. The normalized spacial score (nSPS) is 24.4. The monoisotopic (exact) mass is 477 g/mol. The fourth-order valence-electron chi connectivity index (χ4n) is 5.66. The molecule has 0 bridgehead atoms. The molecule has 3 atom stereocenters. The van der Waals surface area contributed by atoms with Crippen molar-refractivity contribution >= 4 is 29.2 Å². The summed E-state index contributed by atoms with van der Waals surface area (Å²) in [4.78, 5) is 2.64. The van der Waals surface area contributed by atoms with Gasteiger partial charge in [0.15, 0.2) is 0 Å². The lowest BCUT2D eigenvalue weighted by Crippen LogP contribution is -2.41. The van der Waals surface area contributed by atoms with Crippen LogP contribution in [0.2, 0.25) is 0 Å². The topological polar surface area (TPSA) is 12.0 Å². The average molecular weight is 478 g/mol. The number of aryl methyl sites for hydroxylation is 1. The van der Waals surface area contributed by atoms with Gasteiger partial charge in [-0.25, -0.2) is 4.39 Å². The van der Waals surface area contributed by atoms with Crippen molar-refractivity contribution in [2.45, 2.75) is 60.3 Å². The van der Waals surface area contributed by atoms with E-state index < -0.39 is 0 Å². The summed E-state index contributed by atoms with van der Waals surface area (Å²) in [6.07, 6.45) is 6.20. The summed E-state index contributed by atoms with van der Waals surface area (Å²) in [6, 6.07) is 25.4. The predicted molar refractivity (Wildman–Crippen MR) is 141 cm³/mol. The smallest absolute Gasteiger partial charge is 0.123 e. The SMILES string of the molecule is Cc1ccc(NC2CCCC23CC(CCSc2ccc(F)cc2)CSc2ccccc23)cc1. The highest BCUT2D eigenvalue weighted by Gasteiger charge is 2.47.